The summed E-state index contributed by atoms with van der Waals surface area (Å²) in [5.41, 5.74) is 0. The van der Waals surface area contributed by atoms with E-state index in [1.165, 1.54) is 19.3 Å². The van der Waals surface area contributed by atoms with E-state index >= 15 is 0 Å². The molecule has 2 aliphatic rings. The molecule has 1 amide bonds. The summed E-state index contributed by atoms with van der Waals surface area (Å²) < 4.78 is 0. The molecule has 0 aromatic carbocycles. The van der Waals surface area contributed by atoms with Crippen LogP contribution >= 0.6 is 23.4 Å². The van der Waals surface area contributed by atoms with E-state index in [-0.39, 0.29) is 11.3 Å². The summed E-state index contributed by atoms with van der Waals surface area (Å²) in [6.45, 7) is 0. The Balaban J connectivity index is 1.77. The number of nitrogens with one attached hydrogen (secondary N) is 1. The van der Waals surface area contributed by atoms with Crippen LogP contribution in [0.5, 0.6) is 0 Å². The quantitative estimate of drug-likeness (QED) is 0.792. The zero-order valence-corrected chi connectivity index (χ0v) is 11.2. The molecule has 0 spiro atoms. The number of rotatable bonds is 3. The Morgan fingerprint density at radius 2 is 2.00 bits per heavy atom. The average molecular weight is 262 g/mol. The standard InChI is InChI=1S/C12H20ClNOS/c13-11(9-6-7-16-8-9)12(15)14-10-4-2-1-3-5-10/h9-11H,1-8H2,(H,14,15). The van der Waals surface area contributed by atoms with Gasteiger partial charge in [-0.05, 0) is 36.7 Å². The molecule has 1 aliphatic carbocycles. The summed E-state index contributed by atoms with van der Waals surface area (Å²) in [6, 6.07) is 0.386. The van der Waals surface area contributed by atoms with Gasteiger partial charge in [0.05, 0.1) is 0 Å². The molecule has 2 rings (SSSR count). The predicted molar refractivity (Wildman–Crippen MR) is 70.1 cm³/mol. The van der Waals surface area contributed by atoms with Crippen LogP contribution in [0.15, 0.2) is 0 Å². The largest absolute Gasteiger partial charge is 0.352 e. The van der Waals surface area contributed by atoms with E-state index in [0.717, 1.165) is 30.8 Å². The molecule has 2 nitrogen and oxygen atoms in total. The zero-order valence-electron chi connectivity index (χ0n) is 9.58. The van der Waals surface area contributed by atoms with Crippen LogP contribution in [0.2, 0.25) is 0 Å². The molecule has 16 heavy (non-hydrogen) atoms. The highest BCUT2D eigenvalue weighted by atomic mass is 35.5. The molecule has 1 aliphatic heterocycles. The highest BCUT2D eigenvalue weighted by Crippen LogP contribution is 2.29. The van der Waals surface area contributed by atoms with E-state index in [9.17, 15) is 4.79 Å². The molecule has 4 heteroatoms. The Morgan fingerprint density at radius 3 is 2.62 bits per heavy atom. The maximum absolute atomic E-state index is 11.9. The number of halogens is 1. The van der Waals surface area contributed by atoms with Gasteiger partial charge in [-0.15, -0.1) is 11.6 Å². The van der Waals surface area contributed by atoms with E-state index in [2.05, 4.69) is 5.32 Å². The van der Waals surface area contributed by atoms with Crippen molar-refractivity contribution in [2.75, 3.05) is 11.5 Å². The van der Waals surface area contributed by atoms with Gasteiger partial charge in [-0.25, -0.2) is 0 Å². The molecule has 0 bridgehead atoms. The molecule has 92 valence electrons. The minimum Gasteiger partial charge on any atom is -0.352 e. The number of alkyl halides is 1. The van der Waals surface area contributed by atoms with Crippen LogP contribution in [-0.2, 0) is 4.79 Å². The average Bonchev–Trinajstić information content (AvgIpc) is 2.83. The summed E-state index contributed by atoms with van der Waals surface area (Å²) in [4.78, 5) is 11.9. The van der Waals surface area contributed by atoms with Crippen LogP contribution in [0, 0.1) is 5.92 Å². The number of thioether (sulfide) groups is 1. The fourth-order valence-electron chi connectivity index (χ4n) is 2.53. The van der Waals surface area contributed by atoms with Gasteiger partial charge in [0.15, 0.2) is 0 Å². The molecule has 0 radical (unpaired) electrons. The molecule has 1 N–H and O–H groups in total. The van der Waals surface area contributed by atoms with Gasteiger partial charge >= 0.3 is 0 Å². The fourth-order valence-corrected chi connectivity index (χ4v) is 4.21. The van der Waals surface area contributed by atoms with Crippen molar-refractivity contribution in [3.8, 4) is 0 Å². The van der Waals surface area contributed by atoms with Crippen molar-refractivity contribution in [1.29, 1.82) is 0 Å². The summed E-state index contributed by atoms with van der Waals surface area (Å²) in [6.07, 6.45) is 7.17. The molecule has 1 saturated carbocycles. The summed E-state index contributed by atoms with van der Waals surface area (Å²) in [5.74, 6) is 2.66. The number of amides is 1. The van der Waals surface area contributed by atoms with E-state index in [0.29, 0.717) is 12.0 Å². The van der Waals surface area contributed by atoms with Gasteiger partial charge in [-0.2, -0.15) is 11.8 Å². The first-order valence-electron chi connectivity index (χ1n) is 6.29. The fraction of sp³-hybridized carbons (Fsp3) is 0.917. The van der Waals surface area contributed by atoms with Gasteiger partial charge in [0.2, 0.25) is 5.91 Å². The van der Waals surface area contributed by atoms with Gasteiger partial charge in [-0.1, -0.05) is 19.3 Å². The minimum absolute atomic E-state index is 0.0704. The van der Waals surface area contributed by atoms with Crippen LogP contribution in [0.4, 0.5) is 0 Å². The zero-order chi connectivity index (χ0) is 11.4. The molecule has 2 unspecified atom stereocenters. The second-order valence-electron chi connectivity index (χ2n) is 4.87. The van der Waals surface area contributed by atoms with Crippen molar-refractivity contribution < 1.29 is 4.79 Å². The summed E-state index contributed by atoms with van der Waals surface area (Å²) >= 11 is 8.14. The topological polar surface area (TPSA) is 29.1 Å². The first-order chi connectivity index (χ1) is 7.77. The monoisotopic (exact) mass is 261 g/mol. The van der Waals surface area contributed by atoms with Crippen LogP contribution in [0.3, 0.4) is 0 Å². The van der Waals surface area contributed by atoms with Gasteiger partial charge in [0.1, 0.15) is 5.38 Å². The van der Waals surface area contributed by atoms with Crippen LogP contribution < -0.4 is 5.32 Å². The normalized spacial score (nSPS) is 28.9. The van der Waals surface area contributed by atoms with Crippen molar-refractivity contribution in [1.82, 2.24) is 5.32 Å². The third-order valence-electron chi connectivity index (χ3n) is 3.58. The SMILES string of the molecule is O=C(NC1CCCCC1)C(Cl)C1CCSC1. The molecule has 2 atom stereocenters. The smallest absolute Gasteiger partial charge is 0.238 e. The Hall–Kier alpha value is 0.110. The highest BCUT2D eigenvalue weighted by molar-refractivity contribution is 7.99. The van der Waals surface area contributed by atoms with Crippen molar-refractivity contribution >= 4 is 29.3 Å². The summed E-state index contributed by atoms with van der Waals surface area (Å²) in [5, 5.41) is 2.81. The Kier molecular flexibility index (Phi) is 4.83. The Morgan fingerprint density at radius 1 is 1.25 bits per heavy atom. The van der Waals surface area contributed by atoms with Crippen molar-refractivity contribution in [2.45, 2.75) is 49.9 Å². The van der Waals surface area contributed by atoms with Crippen LogP contribution in [0.25, 0.3) is 0 Å². The predicted octanol–water partition coefficient (Wildman–Crippen LogP) is 2.80. The minimum atomic E-state index is -0.308. The molecule has 2 fully saturated rings. The lowest BCUT2D eigenvalue weighted by molar-refractivity contribution is -0.122. The molecule has 0 aromatic rings. The van der Waals surface area contributed by atoms with Gasteiger partial charge in [0.25, 0.3) is 0 Å². The van der Waals surface area contributed by atoms with E-state index < -0.39 is 0 Å². The molecular weight excluding hydrogens is 242 g/mol. The molecule has 1 saturated heterocycles. The Labute approximate surface area is 107 Å². The van der Waals surface area contributed by atoms with Crippen molar-refractivity contribution in [3.05, 3.63) is 0 Å². The lowest BCUT2D eigenvalue weighted by atomic mass is 9.95. The van der Waals surface area contributed by atoms with E-state index in [4.69, 9.17) is 11.6 Å². The van der Waals surface area contributed by atoms with Crippen LogP contribution in [-0.4, -0.2) is 28.8 Å². The maximum atomic E-state index is 11.9. The van der Waals surface area contributed by atoms with Crippen molar-refractivity contribution in [3.63, 3.8) is 0 Å². The third kappa shape index (κ3) is 3.30. The second-order valence-corrected chi connectivity index (χ2v) is 6.49. The second kappa shape index (κ2) is 6.15. The Bertz CT molecular complexity index is 237. The lowest BCUT2D eigenvalue weighted by Gasteiger charge is -2.25. The van der Waals surface area contributed by atoms with Crippen molar-refractivity contribution in [2.24, 2.45) is 5.92 Å². The van der Waals surface area contributed by atoms with Gasteiger partial charge < -0.3 is 5.32 Å². The number of carbonyl (C=O) groups is 1. The number of hydrogen-bond acceptors (Lipinski definition) is 2. The van der Waals surface area contributed by atoms with Gasteiger partial charge in [-0.3, -0.25) is 4.79 Å². The lowest BCUT2D eigenvalue weighted by Crippen LogP contribution is -2.42. The highest BCUT2D eigenvalue weighted by Gasteiger charge is 2.30. The van der Waals surface area contributed by atoms with Gasteiger partial charge in [0, 0.05) is 6.04 Å². The number of carbonyl (C=O) groups excluding carboxylic acids is 1. The molecular formula is C12H20ClNOS. The number of hydrogen-bond donors (Lipinski definition) is 1. The molecule has 1 heterocycles. The third-order valence-corrected chi connectivity index (χ3v) is 5.32. The maximum Gasteiger partial charge on any atom is 0.238 e. The van der Waals surface area contributed by atoms with Crippen LogP contribution in [0.1, 0.15) is 38.5 Å². The first-order valence-corrected chi connectivity index (χ1v) is 7.88. The molecule has 0 aromatic heterocycles. The van der Waals surface area contributed by atoms with E-state index in [1.807, 2.05) is 11.8 Å². The van der Waals surface area contributed by atoms with E-state index in [1.54, 1.807) is 0 Å². The summed E-state index contributed by atoms with van der Waals surface area (Å²) in [7, 11) is 0. The first kappa shape index (κ1) is 12.6.